The zero-order valence-corrected chi connectivity index (χ0v) is 15.3. The van der Waals surface area contributed by atoms with Crippen LogP contribution >= 0.6 is 0 Å². The summed E-state index contributed by atoms with van der Waals surface area (Å²) in [6.45, 7) is 3.39. The largest absolute Gasteiger partial charge is 0.497 e. The molecule has 1 amide bonds. The number of carbonyl (C=O) groups is 2. The van der Waals surface area contributed by atoms with Crippen LogP contribution in [0.2, 0.25) is 0 Å². The molecule has 0 unspecified atom stereocenters. The van der Waals surface area contributed by atoms with Gasteiger partial charge < -0.3 is 14.4 Å². The first-order chi connectivity index (χ1) is 12.5. The Hall–Kier alpha value is -2.82. The lowest BCUT2D eigenvalue weighted by Crippen LogP contribution is -2.40. The zero-order chi connectivity index (χ0) is 18.7. The van der Waals surface area contributed by atoms with Crippen molar-refractivity contribution in [3.05, 3.63) is 54.1 Å². The van der Waals surface area contributed by atoms with Crippen LogP contribution in [0.15, 0.2) is 48.5 Å². The van der Waals surface area contributed by atoms with Gasteiger partial charge in [0.2, 0.25) is 0 Å². The van der Waals surface area contributed by atoms with Crippen LogP contribution in [0.1, 0.15) is 37.0 Å². The Kier molecular flexibility index (Phi) is 5.26. The first-order valence-electron chi connectivity index (χ1n) is 8.76. The summed E-state index contributed by atoms with van der Waals surface area (Å²) < 4.78 is 10.5. The standard InChI is InChI=1S/C21H23NO4/c1-14(16-8-9-16)22(17-10-12-18(25-3)13-11-17)21(24)19-6-4-5-7-20(19)26-15(2)23/h4-7,10-14,16H,8-9H2,1-3H3/t14-/m1/s1. The molecule has 0 bridgehead atoms. The third-order valence-corrected chi connectivity index (χ3v) is 4.65. The maximum atomic E-state index is 13.4. The van der Waals surface area contributed by atoms with Crippen LogP contribution in [-0.2, 0) is 4.79 Å². The highest BCUT2D eigenvalue weighted by molar-refractivity contribution is 6.08. The Morgan fingerprint density at radius 1 is 1.08 bits per heavy atom. The van der Waals surface area contributed by atoms with Crippen LogP contribution in [0.4, 0.5) is 5.69 Å². The Morgan fingerprint density at radius 3 is 2.31 bits per heavy atom. The van der Waals surface area contributed by atoms with Gasteiger partial charge in [-0.1, -0.05) is 12.1 Å². The number of benzene rings is 2. The fraction of sp³-hybridized carbons (Fsp3) is 0.333. The third-order valence-electron chi connectivity index (χ3n) is 4.65. The number of anilines is 1. The molecule has 136 valence electrons. The van der Waals surface area contributed by atoms with Crippen LogP contribution in [0.25, 0.3) is 0 Å². The van der Waals surface area contributed by atoms with E-state index < -0.39 is 5.97 Å². The molecule has 1 aliphatic rings. The number of carbonyl (C=O) groups excluding carboxylic acids is 2. The molecule has 0 heterocycles. The smallest absolute Gasteiger partial charge is 0.308 e. The Bertz CT molecular complexity index is 796. The number of hydrogen-bond acceptors (Lipinski definition) is 4. The fourth-order valence-corrected chi connectivity index (χ4v) is 3.09. The summed E-state index contributed by atoms with van der Waals surface area (Å²) >= 11 is 0. The number of methoxy groups -OCH3 is 1. The molecule has 2 aromatic rings. The van der Waals surface area contributed by atoms with Gasteiger partial charge in [-0.05, 0) is 62.1 Å². The SMILES string of the molecule is COc1ccc(N(C(=O)c2ccccc2OC(C)=O)[C@H](C)C2CC2)cc1. The Balaban J connectivity index is 1.98. The van der Waals surface area contributed by atoms with Crippen molar-refractivity contribution >= 4 is 17.6 Å². The quantitative estimate of drug-likeness (QED) is 0.580. The van der Waals surface area contributed by atoms with Gasteiger partial charge in [-0.2, -0.15) is 0 Å². The van der Waals surface area contributed by atoms with Crippen molar-refractivity contribution in [2.45, 2.75) is 32.7 Å². The summed E-state index contributed by atoms with van der Waals surface area (Å²) in [7, 11) is 1.61. The van der Waals surface area contributed by atoms with Crippen LogP contribution < -0.4 is 14.4 Å². The number of hydrogen-bond donors (Lipinski definition) is 0. The molecule has 1 saturated carbocycles. The molecule has 0 aromatic heterocycles. The number of nitrogens with zero attached hydrogens (tertiary/aromatic N) is 1. The molecule has 3 rings (SSSR count). The van der Waals surface area contributed by atoms with Crippen LogP contribution in [0.3, 0.4) is 0 Å². The Labute approximate surface area is 153 Å². The van der Waals surface area contributed by atoms with E-state index in [-0.39, 0.29) is 17.7 Å². The second-order valence-corrected chi connectivity index (χ2v) is 6.54. The van der Waals surface area contributed by atoms with Crippen molar-refractivity contribution in [3.63, 3.8) is 0 Å². The average Bonchev–Trinajstić information content (AvgIpc) is 3.47. The number of ether oxygens (including phenoxy) is 2. The van der Waals surface area contributed by atoms with Gasteiger partial charge in [0.1, 0.15) is 11.5 Å². The predicted octanol–water partition coefficient (Wildman–Crippen LogP) is 4.07. The maximum absolute atomic E-state index is 13.4. The summed E-state index contributed by atoms with van der Waals surface area (Å²) in [5, 5.41) is 0. The molecule has 5 nitrogen and oxygen atoms in total. The van der Waals surface area contributed by atoms with Gasteiger partial charge in [-0.15, -0.1) is 0 Å². The number of esters is 1. The molecule has 2 aromatic carbocycles. The van der Waals surface area contributed by atoms with Crippen LogP contribution in [-0.4, -0.2) is 25.0 Å². The molecule has 1 aliphatic carbocycles. The van der Waals surface area contributed by atoms with Gasteiger partial charge in [0.15, 0.2) is 0 Å². The van der Waals surface area contributed by atoms with E-state index in [4.69, 9.17) is 9.47 Å². The molecule has 0 radical (unpaired) electrons. The number of amides is 1. The van der Waals surface area contributed by atoms with Gasteiger partial charge >= 0.3 is 5.97 Å². The lowest BCUT2D eigenvalue weighted by atomic mass is 10.1. The van der Waals surface area contributed by atoms with Gasteiger partial charge in [0.05, 0.1) is 12.7 Å². The van der Waals surface area contributed by atoms with E-state index in [0.717, 1.165) is 24.3 Å². The van der Waals surface area contributed by atoms with E-state index in [2.05, 4.69) is 6.92 Å². The van der Waals surface area contributed by atoms with Crippen molar-refractivity contribution in [3.8, 4) is 11.5 Å². The first-order valence-corrected chi connectivity index (χ1v) is 8.76. The fourth-order valence-electron chi connectivity index (χ4n) is 3.09. The molecule has 5 heteroatoms. The zero-order valence-electron chi connectivity index (χ0n) is 15.3. The summed E-state index contributed by atoms with van der Waals surface area (Å²) in [6, 6.07) is 14.3. The summed E-state index contributed by atoms with van der Waals surface area (Å²) in [4.78, 5) is 26.6. The molecule has 26 heavy (non-hydrogen) atoms. The van der Waals surface area contributed by atoms with Crippen molar-refractivity contribution in [2.24, 2.45) is 5.92 Å². The lowest BCUT2D eigenvalue weighted by molar-refractivity contribution is -0.131. The maximum Gasteiger partial charge on any atom is 0.308 e. The molecular weight excluding hydrogens is 330 g/mol. The lowest BCUT2D eigenvalue weighted by Gasteiger charge is -2.30. The number of rotatable bonds is 6. The monoisotopic (exact) mass is 353 g/mol. The normalized spacial score (nSPS) is 14.4. The van der Waals surface area contributed by atoms with Crippen molar-refractivity contribution in [1.82, 2.24) is 0 Å². The summed E-state index contributed by atoms with van der Waals surface area (Å²) in [5.74, 6) is 0.886. The molecule has 0 spiro atoms. The summed E-state index contributed by atoms with van der Waals surface area (Å²) in [5.41, 5.74) is 1.18. The van der Waals surface area contributed by atoms with Gasteiger partial charge in [0, 0.05) is 18.7 Å². The molecular formula is C21H23NO4. The highest BCUT2D eigenvalue weighted by Crippen LogP contribution is 2.38. The molecule has 1 atom stereocenters. The average molecular weight is 353 g/mol. The Morgan fingerprint density at radius 2 is 1.73 bits per heavy atom. The van der Waals surface area contributed by atoms with Crippen LogP contribution in [0.5, 0.6) is 11.5 Å². The minimum absolute atomic E-state index is 0.0567. The van der Waals surface area contributed by atoms with E-state index in [1.54, 1.807) is 36.3 Å². The van der Waals surface area contributed by atoms with E-state index in [9.17, 15) is 9.59 Å². The minimum Gasteiger partial charge on any atom is -0.497 e. The molecule has 0 N–H and O–H groups in total. The van der Waals surface area contributed by atoms with Gasteiger partial charge in [0.25, 0.3) is 5.91 Å². The van der Waals surface area contributed by atoms with Crippen LogP contribution in [0, 0.1) is 5.92 Å². The molecule has 0 aliphatic heterocycles. The molecule has 0 saturated heterocycles. The summed E-state index contributed by atoms with van der Waals surface area (Å²) in [6.07, 6.45) is 2.24. The number of para-hydroxylation sites is 1. The minimum atomic E-state index is -0.448. The van der Waals surface area contributed by atoms with E-state index in [1.807, 2.05) is 24.3 Å². The topological polar surface area (TPSA) is 55.8 Å². The van der Waals surface area contributed by atoms with Gasteiger partial charge in [-0.3, -0.25) is 9.59 Å². The first kappa shape index (κ1) is 18.0. The second kappa shape index (κ2) is 7.60. The third kappa shape index (κ3) is 3.87. The van der Waals surface area contributed by atoms with E-state index in [0.29, 0.717) is 11.5 Å². The highest BCUT2D eigenvalue weighted by Gasteiger charge is 2.36. The van der Waals surface area contributed by atoms with Crippen molar-refractivity contribution in [2.75, 3.05) is 12.0 Å². The molecule has 1 fully saturated rings. The highest BCUT2D eigenvalue weighted by atomic mass is 16.5. The van der Waals surface area contributed by atoms with Gasteiger partial charge in [-0.25, -0.2) is 0 Å². The van der Waals surface area contributed by atoms with Crippen molar-refractivity contribution < 1.29 is 19.1 Å². The second-order valence-electron chi connectivity index (χ2n) is 6.54. The van der Waals surface area contributed by atoms with Crippen molar-refractivity contribution in [1.29, 1.82) is 0 Å². The van der Waals surface area contributed by atoms with E-state index >= 15 is 0 Å². The van der Waals surface area contributed by atoms with E-state index in [1.165, 1.54) is 6.92 Å². The predicted molar refractivity (Wildman–Crippen MR) is 99.7 cm³/mol.